The van der Waals surface area contributed by atoms with E-state index in [4.69, 9.17) is 19.9 Å². The smallest absolute Gasteiger partial charge is 0.345 e. The maximum absolute atomic E-state index is 12.9. The number of rotatable bonds is 7. The molecule has 1 heterocycles. The molecule has 0 amide bonds. The van der Waals surface area contributed by atoms with Gasteiger partial charge in [-0.1, -0.05) is 42.5 Å². The van der Waals surface area contributed by atoms with Crippen molar-refractivity contribution >= 4 is 17.7 Å². The first-order chi connectivity index (χ1) is 15.3. The van der Waals surface area contributed by atoms with Crippen LogP contribution in [0, 0.1) is 11.3 Å². The first-order valence-electron chi connectivity index (χ1n) is 9.81. The van der Waals surface area contributed by atoms with Crippen molar-refractivity contribution in [1.82, 2.24) is 0 Å². The van der Waals surface area contributed by atoms with E-state index in [0.717, 1.165) is 5.56 Å². The number of allylic oxidation sites excluding steroid dienone is 1. The summed E-state index contributed by atoms with van der Waals surface area (Å²) in [5.74, 6) is -2.57. The molecule has 3 rings (SSSR count). The zero-order valence-electron chi connectivity index (χ0n) is 18.0. The minimum atomic E-state index is -1.33. The normalized spacial score (nSPS) is 16.9. The molecule has 0 fully saturated rings. The Kier molecular flexibility index (Phi) is 7.01. The third kappa shape index (κ3) is 5.18. The number of methoxy groups -OCH3 is 1. The van der Waals surface area contributed by atoms with E-state index in [0.29, 0.717) is 17.1 Å². The standard InChI is InChI=1S/C24H24N2O5S/c1-24(2)30-22(27)20(23(28)31-24)19(16-9-11-17(29-3)12-10-16)18(13-25)21(26)32-14-15-7-5-4-6-8-15/h4-12,19,27H,14,26H2,1-3H3/b21-18+. The average Bonchev–Trinajstić information content (AvgIpc) is 2.76. The Balaban J connectivity index is 2.08. The Labute approximate surface area is 191 Å². The molecule has 2 aromatic rings. The van der Waals surface area contributed by atoms with Gasteiger partial charge in [-0.25, -0.2) is 4.79 Å². The van der Waals surface area contributed by atoms with Crippen LogP contribution >= 0.6 is 11.8 Å². The third-order valence-electron chi connectivity index (χ3n) is 4.78. The number of cyclic esters (lactones) is 1. The molecule has 0 aliphatic carbocycles. The summed E-state index contributed by atoms with van der Waals surface area (Å²) in [5, 5.41) is 20.8. The number of thioether (sulfide) groups is 1. The fraction of sp³-hybridized carbons (Fsp3) is 0.250. The van der Waals surface area contributed by atoms with Crippen LogP contribution in [0.2, 0.25) is 0 Å². The molecule has 0 saturated heterocycles. The van der Waals surface area contributed by atoms with Crippen molar-refractivity contribution in [2.45, 2.75) is 31.3 Å². The molecule has 0 radical (unpaired) electrons. The maximum atomic E-state index is 12.9. The lowest BCUT2D eigenvalue weighted by Gasteiger charge is -2.33. The van der Waals surface area contributed by atoms with Gasteiger partial charge in [0.1, 0.15) is 11.3 Å². The fourth-order valence-corrected chi connectivity index (χ4v) is 4.10. The minimum Gasteiger partial charge on any atom is -0.497 e. The van der Waals surface area contributed by atoms with E-state index in [1.807, 2.05) is 30.3 Å². The topological polar surface area (TPSA) is 115 Å². The predicted octanol–water partition coefficient (Wildman–Crippen LogP) is 4.49. The number of ether oxygens (including phenoxy) is 3. The number of benzene rings is 2. The van der Waals surface area contributed by atoms with Gasteiger partial charge in [0.25, 0.3) is 11.7 Å². The molecule has 1 aliphatic heterocycles. The van der Waals surface area contributed by atoms with E-state index in [-0.39, 0.29) is 16.2 Å². The largest absolute Gasteiger partial charge is 0.497 e. The lowest BCUT2D eigenvalue weighted by atomic mass is 9.85. The highest BCUT2D eigenvalue weighted by Gasteiger charge is 2.42. The van der Waals surface area contributed by atoms with Crippen molar-refractivity contribution in [1.29, 1.82) is 5.26 Å². The van der Waals surface area contributed by atoms with Gasteiger partial charge >= 0.3 is 5.97 Å². The van der Waals surface area contributed by atoms with Crippen molar-refractivity contribution in [2.24, 2.45) is 5.73 Å². The molecule has 0 spiro atoms. The van der Waals surface area contributed by atoms with Crippen LogP contribution in [0.5, 0.6) is 5.75 Å². The molecular formula is C24H24N2O5S. The third-order valence-corrected chi connectivity index (χ3v) is 5.79. The number of carbonyl (C=O) groups excluding carboxylic acids is 1. The Hall–Kier alpha value is -3.57. The second-order valence-corrected chi connectivity index (χ2v) is 8.50. The van der Waals surface area contributed by atoms with Gasteiger partial charge in [0.15, 0.2) is 0 Å². The lowest BCUT2D eigenvalue weighted by molar-refractivity contribution is -0.222. The Morgan fingerprint density at radius 3 is 2.41 bits per heavy atom. The number of nitrogens with two attached hydrogens (primary N) is 1. The number of aliphatic hydroxyl groups excluding tert-OH is 1. The maximum Gasteiger partial charge on any atom is 0.345 e. The summed E-state index contributed by atoms with van der Waals surface area (Å²) in [7, 11) is 1.54. The number of hydrogen-bond donors (Lipinski definition) is 2. The van der Waals surface area contributed by atoms with Crippen molar-refractivity contribution in [3.8, 4) is 11.8 Å². The number of aliphatic hydroxyl groups is 1. The monoisotopic (exact) mass is 452 g/mol. The number of esters is 1. The highest BCUT2D eigenvalue weighted by atomic mass is 32.2. The molecule has 1 aliphatic rings. The van der Waals surface area contributed by atoms with Gasteiger partial charge in [-0.15, -0.1) is 11.8 Å². The summed E-state index contributed by atoms with van der Waals surface area (Å²) in [6.45, 7) is 3.01. The summed E-state index contributed by atoms with van der Waals surface area (Å²) in [6, 6.07) is 18.6. The molecule has 166 valence electrons. The molecule has 2 aromatic carbocycles. The van der Waals surface area contributed by atoms with Crippen molar-refractivity contribution in [3.05, 3.63) is 87.8 Å². The van der Waals surface area contributed by atoms with Gasteiger partial charge < -0.3 is 25.1 Å². The van der Waals surface area contributed by atoms with Crippen LogP contribution in [-0.4, -0.2) is 24.0 Å². The molecule has 1 unspecified atom stereocenters. The van der Waals surface area contributed by atoms with Crippen LogP contribution in [0.3, 0.4) is 0 Å². The summed E-state index contributed by atoms with van der Waals surface area (Å²) < 4.78 is 15.9. The average molecular weight is 453 g/mol. The Morgan fingerprint density at radius 2 is 1.84 bits per heavy atom. The van der Waals surface area contributed by atoms with Gasteiger partial charge in [0, 0.05) is 19.6 Å². The van der Waals surface area contributed by atoms with E-state index >= 15 is 0 Å². The molecule has 0 aromatic heterocycles. The van der Waals surface area contributed by atoms with Crippen LogP contribution in [0.1, 0.15) is 30.9 Å². The Morgan fingerprint density at radius 1 is 1.19 bits per heavy atom. The van der Waals surface area contributed by atoms with Crippen LogP contribution < -0.4 is 10.5 Å². The minimum absolute atomic E-state index is 0.109. The van der Waals surface area contributed by atoms with Gasteiger partial charge in [0.2, 0.25) is 0 Å². The van der Waals surface area contributed by atoms with Gasteiger partial charge in [0.05, 0.1) is 29.7 Å². The number of nitrogens with zero attached hydrogens (tertiary/aromatic N) is 1. The van der Waals surface area contributed by atoms with Crippen molar-refractivity contribution in [3.63, 3.8) is 0 Å². The second-order valence-electron chi connectivity index (χ2n) is 7.48. The van der Waals surface area contributed by atoms with Crippen LogP contribution in [0.15, 0.2) is 76.7 Å². The SMILES string of the molecule is COc1ccc(C(C2=C(O)OC(C)(C)OC2=O)/C(C#N)=C(\N)SCc2ccccc2)cc1. The zero-order valence-corrected chi connectivity index (χ0v) is 18.8. The summed E-state index contributed by atoms with van der Waals surface area (Å²) in [4.78, 5) is 12.9. The zero-order chi connectivity index (χ0) is 23.3. The molecule has 8 heteroatoms. The first kappa shape index (κ1) is 23.1. The van der Waals surface area contributed by atoms with E-state index in [1.165, 1.54) is 32.7 Å². The molecule has 0 bridgehead atoms. The highest BCUT2D eigenvalue weighted by molar-refractivity contribution is 8.02. The van der Waals surface area contributed by atoms with Gasteiger partial charge in [-0.3, -0.25) is 0 Å². The Bertz CT molecular complexity index is 1090. The molecular weight excluding hydrogens is 428 g/mol. The number of hydrogen-bond acceptors (Lipinski definition) is 8. The molecule has 7 nitrogen and oxygen atoms in total. The van der Waals surface area contributed by atoms with Crippen molar-refractivity contribution in [2.75, 3.05) is 7.11 Å². The van der Waals surface area contributed by atoms with Crippen molar-refractivity contribution < 1.29 is 24.1 Å². The lowest BCUT2D eigenvalue weighted by Crippen LogP contribution is -2.38. The molecule has 1 atom stereocenters. The predicted molar refractivity (Wildman–Crippen MR) is 121 cm³/mol. The summed E-state index contributed by atoms with van der Waals surface area (Å²) in [6.07, 6.45) is 0. The van der Waals surface area contributed by atoms with Gasteiger partial charge in [-0.2, -0.15) is 5.26 Å². The second kappa shape index (κ2) is 9.71. The fourth-order valence-electron chi connectivity index (χ4n) is 3.26. The van der Waals surface area contributed by atoms with Crippen LogP contribution in [-0.2, 0) is 20.0 Å². The van der Waals surface area contributed by atoms with E-state index in [2.05, 4.69) is 6.07 Å². The molecule has 32 heavy (non-hydrogen) atoms. The number of carbonyl (C=O) groups is 1. The van der Waals surface area contributed by atoms with E-state index < -0.39 is 23.6 Å². The van der Waals surface area contributed by atoms with Crippen LogP contribution in [0.4, 0.5) is 0 Å². The summed E-state index contributed by atoms with van der Waals surface area (Å²) in [5.41, 5.74) is 7.82. The van der Waals surface area contributed by atoms with E-state index in [1.54, 1.807) is 24.3 Å². The highest BCUT2D eigenvalue weighted by Crippen LogP contribution is 2.41. The summed E-state index contributed by atoms with van der Waals surface area (Å²) >= 11 is 1.27. The van der Waals surface area contributed by atoms with Crippen LogP contribution in [0.25, 0.3) is 0 Å². The quantitative estimate of drug-likeness (QED) is 0.467. The van der Waals surface area contributed by atoms with E-state index in [9.17, 15) is 15.2 Å². The number of nitriles is 1. The van der Waals surface area contributed by atoms with Gasteiger partial charge in [-0.05, 0) is 23.3 Å². The first-order valence-corrected chi connectivity index (χ1v) is 10.8. The molecule has 3 N–H and O–H groups in total. The molecule has 0 saturated carbocycles.